The number of nitrogens with zero attached hydrogens (tertiary/aromatic N) is 3. The second-order valence-corrected chi connectivity index (χ2v) is 7.66. The van der Waals surface area contributed by atoms with Crippen molar-refractivity contribution in [3.05, 3.63) is 57.4 Å². The molecule has 2 heterocycles. The summed E-state index contributed by atoms with van der Waals surface area (Å²) in [7, 11) is 0. The molecule has 0 radical (unpaired) electrons. The van der Waals surface area contributed by atoms with Crippen LogP contribution in [0.4, 0.5) is 5.69 Å². The zero-order valence-electron chi connectivity index (χ0n) is 17.2. The molecular formula is C21H26Cl3N5O. The van der Waals surface area contributed by atoms with Crippen LogP contribution in [0.3, 0.4) is 0 Å². The second kappa shape index (κ2) is 11.5. The summed E-state index contributed by atoms with van der Waals surface area (Å²) in [6.07, 6.45) is 1.50. The lowest BCUT2D eigenvalue weighted by Gasteiger charge is -2.32. The highest BCUT2D eigenvalue weighted by atomic mass is 35.5. The van der Waals surface area contributed by atoms with Gasteiger partial charge in [-0.05, 0) is 50.1 Å². The number of carbonyl (C=O) groups excluding carboxylic acids is 1. The number of carbonyl (C=O) groups is 1. The fourth-order valence-electron chi connectivity index (χ4n) is 3.35. The number of hydrogen-bond donors (Lipinski definition) is 2. The molecule has 2 aromatic rings. The Morgan fingerprint density at radius 2 is 2.10 bits per heavy atom. The summed E-state index contributed by atoms with van der Waals surface area (Å²) in [5, 5.41) is 16.2. The number of aromatic nitrogens is 1. The first-order valence-electron chi connectivity index (χ1n) is 9.30. The van der Waals surface area contributed by atoms with Crippen molar-refractivity contribution in [3.63, 3.8) is 0 Å². The van der Waals surface area contributed by atoms with Gasteiger partial charge in [-0.25, -0.2) is 0 Å². The van der Waals surface area contributed by atoms with Crippen molar-refractivity contribution in [3.8, 4) is 6.07 Å². The highest BCUT2D eigenvalue weighted by Crippen LogP contribution is 2.24. The standard InChI is InChI=1S/C21H24ClN5O.2ClH/c1-13-11-27(5-4-24-13)12-18-6-16(9-23)7-20(14(18)2)26-21(28)17-8-19(22)15(3)25-10-17;;/h6-8,10,13,24H,4-5,11-12H2,1-3H3,(H,26,28);2*1H/t13-;;/m0../s1. The smallest absolute Gasteiger partial charge is 0.257 e. The molecule has 1 aliphatic heterocycles. The van der Waals surface area contributed by atoms with Crippen molar-refractivity contribution in [1.82, 2.24) is 15.2 Å². The molecule has 1 saturated heterocycles. The van der Waals surface area contributed by atoms with Crippen LogP contribution in [0.5, 0.6) is 0 Å². The van der Waals surface area contributed by atoms with Crippen molar-refractivity contribution in [2.75, 3.05) is 25.0 Å². The first-order valence-corrected chi connectivity index (χ1v) is 9.68. The largest absolute Gasteiger partial charge is 0.322 e. The molecule has 0 aliphatic carbocycles. The summed E-state index contributed by atoms with van der Waals surface area (Å²) in [4.78, 5) is 19.2. The van der Waals surface area contributed by atoms with E-state index in [1.165, 1.54) is 6.20 Å². The van der Waals surface area contributed by atoms with E-state index < -0.39 is 0 Å². The third kappa shape index (κ3) is 6.31. The molecular weight excluding hydrogens is 445 g/mol. The van der Waals surface area contributed by atoms with Gasteiger partial charge in [0.15, 0.2) is 0 Å². The lowest BCUT2D eigenvalue weighted by Crippen LogP contribution is -2.48. The number of amides is 1. The van der Waals surface area contributed by atoms with Gasteiger partial charge in [0.1, 0.15) is 0 Å². The van der Waals surface area contributed by atoms with Gasteiger partial charge in [0, 0.05) is 44.1 Å². The minimum Gasteiger partial charge on any atom is -0.322 e. The van der Waals surface area contributed by atoms with Crippen LogP contribution >= 0.6 is 36.4 Å². The molecule has 0 saturated carbocycles. The fraction of sp³-hybridized carbons (Fsp3) is 0.381. The van der Waals surface area contributed by atoms with Crippen LogP contribution in [-0.4, -0.2) is 41.5 Å². The molecule has 0 unspecified atom stereocenters. The number of nitriles is 1. The van der Waals surface area contributed by atoms with E-state index in [0.717, 1.165) is 37.3 Å². The molecule has 9 heteroatoms. The Labute approximate surface area is 194 Å². The number of benzene rings is 1. The Balaban J connectivity index is 0.00000225. The number of rotatable bonds is 4. The summed E-state index contributed by atoms with van der Waals surface area (Å²) in [5.74, 6) is -0.297. The molecule has 1 aromatic carbocycles. The number of aryl methyl sites for hydroxylation is 1. The predicted octanol–water partition coefficient (Wildman–Crippen LogP) is 4.11. The molecule has 30 heavy (non-hydrogen) atoms. The SMILES string of the molecule is Cc1ncc(C(=O)Nc2cc(C#N)cc(CN3CCN[C@@H](C)C3)c2C)cc1Cl.Cl.Cl. The number of hydrogen-bond acceptors (Lipinski definition) is 5. The molecule has 162 valence electrons. The first-order chi connectivity index (χ1) is 13.4. The number of anilines is 1. The Kier molecular flexibility index (Phi) is 10.0. The highest BCUT2D eigenvalue weighted by Gasteiger charge is 2.18. The zero-order valence-corrected chi connectivity index (χ0v) is 19.5. The van der Waals surface area contributed by atoms with Crippen LogP contribution < -0.4 is 10.6 Å². The molecule has 1 aliphatic rings. The Morgan fingerprint density at radius 3 is 2.73 bits per heavy atom. The van der Waals surface area contributed by atoms with E-state index in [-0.39, 0.29) is 30.7 Å². The van der Waals surface area contributed by atoms with Crippen LogP contribution in [0.1, 0.15) is 39.7 Å². The summed E-state index contributed by atoms with van der Waals surface area (Å²) in [5.41, 5.74) is 4.23. The van der Waals surface area contributed by atoms with E-state index in [9.17, 15) is 10.1 Å². The molecule has 6 nitrogen and oxygen atoms in total. The van der Waals surface area contributed by atoms with Crippen molar-refractivity contribution in [2.24, 2.45) is 0 Å². The third-order valence-corrected chi connectivity index (χ3v) is 5.41. The Morgan fingerprint density at radius 1 is 1.37 bits per heavy atom. The predicted molar refractivity (Wildman–Crippen MR) is 125 cm³/mol. The summed E-state index contributed by atoms with van der Waals surface area (Å²) < 4.78 is 0. The quantitative estimate of drug-likeness (QED) is 0.703. The molecule has 1 aromatic heterocycles. The van der Waals surface area contributed by atoms with E-state index in [1.807, 2.05) is 13.0 Å². The van der Waals surface area contributed by atoms with Gasteiger partial charge in [0.05, 0.1) is 27.9 Å². The second-order valence-electron chi connectivity index (χ2n) is 7.26. The lowest BCUT2D eigenvalue weighted by atomic mass is 10.0. The average Bonchev–Trinajstić information content (AvgIpc) is 2.67. The molecule has 1 atom stereocenters. The Bertz CT molecular complexity index is 945. The monoisotopic (exact) mass is 469 g/mol. The van der Waals surface area contributed by atoms with E-state index in [1.54, 1.807) is 19.1 Å². The molecule has 1 fully saturated rings. The summed E-state index contributed by atoms with van der Waals surface area (Å²) in [6.45, 7) is 9.52. The minimum absolute atomic E-state index is 0. The number of halogens is 3. The van der Waals surface area contributed by atoms with E-state index >= 15 is 0 Å². The number of pyridine rings is 1. The van der Waals surface area contributed by atoms with Crippen molar-refractivity contribution in [2.45, 2.75) is 33.4 Å². The van der Waals surface area contributed by atoms with Gasteiger partial charge in [-0.15, -0.1) is 24.8 Å². The van der Waals surface area contributed by atoms with Crippen LogP contribution in [0.25, 0.3) is 0 Å². The topological polar surface area (TPSA) is 81.0 Å². The summed E-state index contributed by atoms with van der Waals surface area (Å²) in [6, 6.07) is 7.85. The van der Waals surface area contributed by atoms with Gasteiger partial charge in [0.25, 0.3) is 5.91 Å². The van der Waals surface area contributed by atoms with Gasteiger partial charge in [-0.1, -0.05) is 11.6 Å². The molecule has 0 spiro atoms. The molecule has 3 rings (SSSR count). The minimum atomic E-state index is -0.297. The zero-order chi connectivity index (χ0) is 20.3. The van der Waals surface area contributed by atoms with Crippen LogP contribution in [-0.2, 0) is 6.54 Å². The molecule has 1 amide bonds. The van der Waals surface area contributed by atoms with Gasteiger partial charge >= 0.3 is 0 Å². The maximum absolute atomic E-state index is 12.7. The van der Waals surface area contributed by atoms with Gasteiger partial charge in [-0.2, -0.15) is 5.26 Å². The average molecular weight is 471 g/mol. The number of nitrogens with one attached hydrogen (secondary N) is 2. The normalized spacial score (nSPS) is 16.0. The maximum Gasteiger partial charge on any atom is 0.257 e. The van der Waals surface area contributed by atoms with Crippen molar-refractivity contribution in [1.29, 1.82) is 5.26 Å². The van der Waals surface area contributed by atoms with E-state index in [4.69, 9.17) is 11.6 Å². The van der Waals surface area contributed by atoms with Gasteiger partial charge in [0.2, 0.25) is 0 Å². The highest BCUT2D eigenvalue weighted by molar-refractivity contribution is 6.31. The molecule has 0 bridgehead atoms. The van der Waals surface area contributed by atoms with E-state index in [2.05, 4.69) is 33.5 Å². The van der Waals surface area contributed by atoms with Crippen LogP contribution in [0.15, 0.2) is 24.4 Å². The van der Waals surface area contributed by atoms with Crippen LogP contribution in [0, 0.1) is 25.2 Å². The van der Waals surface area contributed by atoms with Crippen molar-refractivity contribution < 1.29 is 4.79 Å². The van der Waals surface area contributed by atoms with Crippen LogP contribution in [0.2, 0.25) is 5.02 Å². The third-order valence-electron chi connectivity index (χ3n) is 5.03. The first kappa shape index (κ1) is 26.2. The summed E-state index contributed by atoms with van der Waals surface area (Å²) >= 11 is 6.09. The Hall–Kier alpha value is -1.88. The fourth-order valence-corrected chi connectivity index (χ4v) is 3.52. The van der Waals surface area contributed by atoms with Crippen molar-refractivity contribution >= 4 is 48.0 Å². The van der Waals surface area contributed by atoms with E-state index in [0.29, 0.717) is 33.6 Å². The lowest BCUT2D eigenvalue weighted by molar-refractivity contribution is 0.102. The number of piperazine rings is 1. The van der Waals surface area contributed by atoms with Gasteiger partial charge < -0.3 is 10.6 Å². The maximum atomic E-state index is 12.7. The van der Waals surface area contributed by atoms with Gasteiger partial charge in [-0.3, -0.25) is 14.7 Å². The molecule has 2 N–H and O–H groups in total.